The maximum absolute atomic E-state index is 12.8. The number of benzene rings is 3. The molecule has 0 spiro atoms. The van der Waals surface area contributed by atoms with Gasteiger partial charge in [-0.3, -0.25) is 4.98 Å². The first-order valence-corrected chi connectivity index (χ1v) is 10.1. The van der Waals surface area contributed by atoms with Crippen molar-refractivity contribution in [3.8, 4) is 22.8 Å². The predicted molar refractivity (Wildman–Crippen MR) is 122 cm³/mol. The van der Waals surface area contributed by atoms with Crippen LogP contribution in [-0.2, 0) is 0 Å². The van der Waals surface area contributed by atoms with Crippen molar-refractivity contribution in [3.05, 3.63) is 113 Å². The van der Waals surface area contributed by atoms with Crippen LogP contribution in [0.15, 0.2) is 91.1 Å². The highest BCUT2D eigenvalue weighted by Gasteiger charge is 2.24. The number of pyridine rings is 1. The van der Waals surface area contributed by atoms with Crippen LogP contribution in [0.4, 0.5) is 0 Å². The molecule has 0 saturated heterocycles. The molecule has 1 aromatic heterocycles. The lowest BCUT2D eigenvalue weighted by molar-refractivity contribution is 0.0732. The zero-order valence-electron chi connectivity index (χ0n) is 17.7. The van der Waals surface area contributed by atoms with Gasteiger partial charge in [-0.25, -0.2) is 9.59 Å². The minimum atomic E-state index is -0.505. The van der Waals surface area contributed by atoms with Gasteiger partial charge in [-0.1, -0.05) is 42.5 Å². The molecule has 0 unspecified atom stereocenters. The number of hydrogen-bond donors (Lipinski definition) is 0. The van der Waals surface area contributed by atoms with Crippen molar-refractivity contribution in [2.45, 2.75) is 13.8 Å². The fourth-order valence-electron chi connectivity index (χ4n) is 3.41. The number of hydrogen-bond acceptors (Lipinski definition) is 5. The first-order valence-electron chi connectivity index (χ1n) is 10.1. The van der Waals surface area contributed by atoms with Gasteiger partial charge in [-0.05, 0) is 67.4 Å². The highest BCUT2D eigenvalue weighted by molar-refractivity contribution is 5.95. The van der Waals surface area contributed by atoms with E-state index >= 15 is 0 Å². The largest absolute Gasteiger partial charge is 0.422 e. The van der Waals surface area contributed by atoms with Crippen LogP contribution in [0.3, 0.4) is 0 Å². The third-order valence-corrected chi connectivity index (χ3v) is 4.93. The average Bonchev–Trinajstić information content (AvgIpc) is 2.83. The Morgan fingerprint density at radius 2 is 1.12 bits per heavy atom. The van der Waals surface area contributed by atoms with Gasteiger partial charge in [0.05, 0.1) is 22.4 Å². The Morgan fingerprint density at radius 1 is 0.656 bits per heavy atom. The maximum Gasteiger partial charge on any atom is 0.343 e. The zero-order valence-corrected chi connectivity index (χ0v) is 17.7. The molecule has 3 aromatic carbocycles. The van der Waals surface area contributed by atoms with Gasteiger partial charge in [0.1, 0.15) is 11.5 Å². The Kier molecular flexibility index (Phi) is 6.08. The van der Waals surface area contributed by atoms with Crippen molar-refractivity contribution in [1.29, 1.82) is 0 Å². The summed E-state index contributed by atoms with van der Waals surface area (Å²) in [5.74, 6) is -0.400. The van der Waals surface area contributed by atoms with Crippen LogP contribution in [0, 0.1) is 13.8 Å². The van der Waals surface area contributed by atoms with Gasteiger partial charge in [-0.15, -0.1) is 0 Å². The van der Waals surface area contributed by atoms with Gasteiger partial charge in [0.15, 0.2) is 0 Å². The molecular weight excluding hydrogens is 402 g/mol. The Morgan fingerprint density at radius 3 is 1.56 bits per heavy atom. The summed E-state index contributed by atoms with van der Waals surface area (Å²) in [4.78, 5) is 30.1. The highest BCUT2D eigenvalue weighted by Crippen LogP contribution is 2.43. The fourth-order valence-corrected chi connectivity index (χ4v) is 3.41. The molecular formula is C27H21NO4. The molecule has 0 atom stereocenters. The van der Waals surface area contributed by atoms with Gasteiger partial charge in [0.2, 0.25) is 0 Å². The van der Waals surface area contributed by atoms with E-state index in [1.807, 2.05) is 38.1 Å². The van der Waals surface area contributed by atoms with E-state index in [2.05, 4.69) is 4.98 Å². The van der Waals surface area contributed by atoms with Gasteiger partial charge in [-0.2, -0.15) is 0 Å². The van der Waals surface area contributed by atoms with E-state index in [0.717, 1.165) is 11.1 Å². The molecule has 32 heavy (non-hydrogen) atoms. The van der Waals surface area contributed by atoms with Crippen LogP contribution in [-0.4, -0.2) is 16.9 Å². The highest BCUT2D eigenvalue weighted by atomic mass is 16.5. The molecule has 0 aliphatic heterocycles. The summed E-state index contributed by atoms with van der Waals surface area (Å²) in [7, 11) is 0. The van der Waals surface area contributed by atoms with Gasteiger partial charge >= 0.3 is 11.9 Å². The first-order chi connectivity index (χ1) is 15.5. The molecule has 5 nitrogen and oxygen atoms in total. The van der Waals surface area contributed by atoms with Gasteiger partial charge in [0, 0.05) is 6.20 Å². The van der Waals surface area contributed by atoms with Gasteiger partial charge < -0.3 is 9.47 Å². The number of carbonyl (C=O) groups is 2. The molecule has 5 heteroatoms. The van der Waals surface area contributed by atoms with Crippen LogP contribution >= 0.6 is 0 Å². The molecule has 1 heterocycles. The van der Waals surface area contributed by atoms with Crippen LogP contribution in [0.25, 0.3) is 11.3 Å². The van der Waals surface area contributed by atoms with Crippen molar-refractivity contribution in [1.82, 2.24) is 4.98 Å². The van der Waals surface area contributed by atoms with Crippen molar-refractivity contribution < 1.29 is 19.1 Å². The number of aryl methyl sites for hydroxylation is 2. The lowest BCUT2D eigenvalue weighted by Gasteiger charge is -2.19. The molecule has 158 valence electrons. The Balaban J connectivity index is 1.83. The SMILES string of the molecule is Cc1cc(C)c(OC(=O)c2ccccc2)c(-c2ccccn2)c1OC(=O)c1ccccc1. The normalized spacial score (nSPS) is 10.4. The van der Waals surface area contributed by atoms with Crippen LogP contribution in [0.1, 0.15) is 31.8 Å². The second kappa shape index (κ2) is 9.27. The van der Waals surface area contributed by atoms with E-state index in [1.165, 1.54) is 0 Å². The number of ether oxygens (including phenoxy) is 2. The number of esters is 2. The lowest BCUT2D eigenvalue weighted by atomic mass is 10.0. The third-order valence-electron chi connectivity index (χ3n) is 4.93. The van der Waals surface area contributed by atoms with E-state index in [9.17, 15) is 9.59 Å². The quantitative estimate of drug-likeness (QED) is 0.300. The second-order valence-electron chi connectivity index (χ2n) is 7.27. The van der Waals surface area contributed by atoms with Crippen LogP contribution < -0.4 is 9.47 Å². The number of nitrogens with zero attached hydrogens (tertiary/aromatic N) is 1. The van der Waals surface area contributed by atoms with E-state index < -0.39 is 11.9 Å². The molecule has 0 aliphatic carbocycles. The summed E-state index contributed by atoms with van der Waals surface area (Å²) in [6.45, 7) is 3.69. The summed E-state index contributed by atoms with van der Waals surface area (Å²) in [5, 5.41) is 0. The number of aromatic nitrogens is 1. The third kappa shape index (κ3) is 4.42. The average molecular weight is 423 g/mol. The minimum Gasteiger partial charge on any atom is -0.422 e. The smallest absolute Gasteiger partial charge is 0.343 e. The molecule has 0 saturated carbocycles. The molecule has 0 amide bonds. The Hall–Kier alpha value is -4.25. The molecule has 4 aromatic rings. The molecule has 0 fully saturated rings. The summed E-state index contributed by atoms with van der Waals surface area (Å²) in [6.07, 6.45) is 1.64. The maximum atomic E-state index is 12.8. The van der Waals surface area contributed by atoms with Crippen molar-refractivity contribution in [2.24, 2.45) is 0 Å². The fraction of sp³-hybridized carbons (Fsp3) is 0.0741. The van der Waals surface area contributed by atoms with E-state index in [0.29, 0.717) is 33.9 Å². The van der Waals surface area contributed by atoms with Crippen LogP contribution in [0.2, 0.25) is 0 Å². The van der Waals surface area contributed by atoms with E-state index in [1.54, 1.807) is 66.9 Å². The Labute approximate surface area is 186 Å². The topological polar surface area (TPSA) is 65.5 Å². The summed E-state index contributed by atoms with van der Waals surface area (Å²) in [5.41, 5.74) is 3.28. The monoisotopic (exact) mass is 423 g/mol. The molecule has 0 radical (unpaired) electrons. The zero-order chi connectivity index (χ0) is 22.5. The minimum absolute atomic E-state index is 0.305. The lowest BCUT2D eigenvalue weighted by Crippen LogP contribution is -2.14. The Bertz CT molecular complexity index is 1180. The van der Waals surface area contributed by atoms with Crippen molar-refractivity contribution in [3.63, 3.8) is 0 Å². The standard InChI is InChI=1S/C27H21NO4/c1-18-17-19(2)25(32-27(30)21-13-7-4-8-14-21)23(22-15-9-10-16-28-22)24(18)31-26(29)20-11-5-3-6-12-20/h3-17H,1-2H3. The van der Waals surface area contributed by atoms with Crippen molar-refractivity contribution in [2.75, 3.05) is 0 Å². The molecule has 0 N–H and O–H groups in total. The number of carbonyl (C=O) groups excluding carboxylic acids is 2. The first kappa shape index (κ1) is 21.0. The van der Waals surface area contributed by atoms with E-state index in [4.69, 9.17) is 9.47 Å². The summed E-state index contributed by atoms with van der Waals surface area (Å²) in [6, 6.07) is 24.7. The van der Waals surface area contributed by atoms with E-state index in [-0.39, 0.29) is 0 Å². The van der Waals surface area contributed by atoms with Crippen LogP contribution in [0.5, 0.6) is 11.5 Å². The molecule has 0 aliphatic rings. The molecule has 4 rings (SSSR count). The predicted octanol–water partition coefficient (Wildman–Crippen LogP) is 5.80. The summed E-state index contributed by atoms with van der Waals surface area (Å²) < 4.78 is 11.7. The van der Waals surface area contributed by atoms with Gasteiger partial charge in [0.25, 0.3) is 0 Å². The second-order valence-corrected chi connectivity index (χ2v) is 7.27. The number of rotatable bonds is 5. The molecule has 0 bridgehead atoms. The summed E-state index contributed by atoms with van der Waals surface area (Å²) >= 11 is 0. The van der Waals surface area contributed by atoms with Crippen molar-refractivity contribution >= 4 is 11.9 Å².